The molecule has 1 N–H and O–H groups in total. The average molecular weight is 397 g/mol. The summed E-state index contributed by atoms with van der Waals surface area (Å²) < 4.78 is 2.11. The molecule has 0 spiro atoms. The van der Waals surface area contributed by atoms with Crippen molar-refractivity contribution in [3.8, 4) is 0 Å². The van der Waals surface area contributed by atoms with Crippen LogP contribution in [-0.2, 0) is 9.59 Å². The van der Waals surface area contributed by atoms with E-state index in [4.69, 9.17) is 0 Å². The van der Waals surface area contributed by atoms with Crippen molar-refractivity contribution in [2.45, 2.75) is 30.2 Å². The molecule has 1 aromatic carbocycles. The Morgan fingerprint density at radius 2 is 2.08 bits per heavy atom. The summed E-state index contributed by atoms with van der Waals surface area (Å²) in [4.78, 5) is 25.9. The summed E-state index contributed by atoms with van der Waals surface area (Å²) in [6.45, 7) is 3.48. The van der Waals surface area contributed by atoms with Gasteiger partial charge in [-0.1, -0.05) is 36.9 Å². The number of aliphatic carboxylic acids is 1. The normalized spacial score (nSPS) is 25.7. The molecular weight excluding hydrogens is 381 g/mol. The molecule has 8 heteroatoms. The van der Waals surface area contributed by atoms with Gasteiger partial charge in [0.1, 0.15) is 0 Å². The summed E-state index contributed by atoms with van der Waals surface area (Å²) in [5.74, 6) is -2.38. The molecule has 2 aromatic rings. The topological polar surface area (TPSA) is 80.7 Å². The Morgan fingerprint density at radius 3 is 2.69 bits per heavy atom. The number of carboxylic acid groups (broad SMARTS) is 1. The van der Waals surface area contributed by atoms with E-state index in [0.717, 1.165) is 14.3 Å². The molecule has 4 atom stereocenters. The largest absolute Gasteiger partial charge is 1.00 e. The van der Waals surface area contributed by atoms with Crippen LogP contribution in [0.5, 0.6) is 0 Å². The van der Waals surface area contributed by atoms with E-state index in [1.807, 2.05) is 37.3 Å². The Bertz CT molecular complexity index is 890. The first-order valence-corrected chi connectivity index (χ1v) is 9.66. The van der Waals surface area contributed by atoms with E-state index >= 15 is 0 Å². The maximum atomic E-state index is 12.3. The smallest absolute Gasteiger partial charge is 0.543 e. The van der Waals surface area contributed by atoms with Gasteiger partial charge in [-0.15, -0.1) is 11.3 Å². The van der Waals surface area contributed by atoms with Gasteiger partial charge in [-0.05, 0) is 24.4 Å². The fraction of sp³-hybridized carbons (Fsp3) is 0.333. The summed E-state index contributed by atoms with van der Waals surface area (Å²) in [5.41, 5.74) is -0.0399. The van der Waals surface area contributed by atoms with Crippen LogP contribution >= 0.6 is 23.1 Å². The molecule has 1 fully saturated rings. The summed E-state index contributed by atoms with van der Waals surface area (Å²) >= 11 is 2.98. The van der Waals surface area contributed by atoms with Crippen LogP contribution in [0.15, 0.2) is 45.1 Å². The number of thioether (sulfide) groups is 1. The van der Waals surface area contributed by atoms with E-state index in [2.05, 4.69) is 0 Å². The number of rotatable bonds is 4. The van der Waals surface area contributed by atoms with Crippen molar-refractivity contribution in [3.63, 3.8) is 0 Å². The van der Waals surface area contributed by atoms with Crippen molar-refractivity contribution in [2.75, 3.05) is 0 Å². The number of thiophene rings is 1. The van der Waals surface area contributed by atoms with E-state index in [0.29, 0.717) is 4.91 Å². The monoisotopic (exact) mass is 397 g/mol. The molecule has 2 aliphatic heterocycles. The molecule has 0 aliphatic carbocycles. The quantitative estimate of drug-likeness (QED) is 0.519. The molecular formula is C18H16NNaO4S2. The average Bonchev–Trinajstić information content (AvgIpc) is 3.05. The number of aliphatic hydroxyl groups is 1. The Kier molecular flexibility index (Phi) is 5.59. The minimum Gasteiger partial charge on any atom is -0.543 e. The number of aliphatic hydroxyl groups excluding tert-OH is 1. The molecule has 26 heavy (non-hydrogen) atoms. The Balaban J connectivity index is 0.00000196. The molecule has 0 saturated carbocycles. The van der Waals surface area contributed by atoms with Crippen molar-refractivity contribution in [2.24, 2.45) is 11.8 Å². The van der Waals surface area contributed by atoms with E-state index in [-0.39, 0.29) is 53.1 Å². The molecule has 3 heterocycles. The van der Waals surface area contributed by atoms with Crippen LogP contribution < -0.4 is 34.7 Å². The van der Waals surface area contributed by atoms with Gasteiger partial charge in [0.05, 0.1) is 33.9 Å². The van der Waals surface area contributed by atoms with Crippen LogP contribution in [0.2, 0.25) is 0 Å². The third-order valence-corrected chi connectivity index (χ3v) is 7.43. The first-order chi connectivity index (χ1) is 11.9. The molecule has 1 amide bonds. The number of carbonyl (C=O) groups excluding carboxylic acids is 2. The summed E-state index contributed by atoms with van der Waals surface area (Å²) in [7, 11) is 0. The van der Waals surface area contributed by atoms with Crippen molar-refractivity contribution < 1.29 is 49.4 Å². The Hall–Kier alpha value is -0.830. The number of nitrogens with zero attached hydrogens (tertiary/aromatic N) is 1. The van der Waals surface area contributed by atoms with Gasteiger partial charge in [-0.3, -0.25) is 4.79 Å². The van der Waals surface area contributed by atoms with Gasteiger partial charge in [0, 0.05) is 15.5 Å². The number of carboxylic acids is 1. The van der Waals surface area contributed by atoms with Gasteiger partial charge in [0.15, 0.2) is 0 Å². The minimum atomic E-state index is -1.34. The molecule has 2 aliphatic rings. The van der Waals surface area contributed by atoms with Crippen LogP contribution in [0.1, 0.15) is 13.8 Å². The first kappa shape index (κ1) is 19.9. The van der Waals surface area contributed by atoms with Crippen LogP contribution in [0.4, 0.5) is 0 Å². The summed E-state index contributed by atoms with van der Waals surface area (Å²) in [6.07, 6.45) is -0.798. The number of fused-ring (bicyclic) bond motifs is 2. The predicted molar refractivity (Wildman–Crippen MR) is 94.7 cm³/mol. The zero-order chi connectivity index (χ0) is 17.9. The standard InChI is InChI=1S/C18H17NO4S2.Na/c1-8-14-13(9(2)20)17(21)19(14)15(18(22)23)16(8)25-12-7-10-5-3-4-6-11(10)24-12;/h3-9,13-14,20H,1-2H3,(H,22,23);/q;+1/p-1. The van der Waals surface area contributed by atoms with Crippen LogP contribution in [0, 0.1) is 11.8 Å². The summed E-state index contributed by atoms with van der Waals surface area (Å²) in [6, 6.07) is 9.69. The zero-order valence-electron chi connectivity index (χ0n) is 14.6. The number of hydrogen-bond donors (Lipinski definition) is 1. The molecule has 1 aromatic heterocycles. The van der Waals surface area contributed by atoms with Gasteiger partial charge in [-0.25, -0.2) is 0 Å². The maximum Gasteiger partial charge on any atom is 1.00 e. The number of β-lactam (4-membered cyclic amide) rings is 1. The number of carbonyl (C=O) groups is 2. The van der Waals surface area contributed by atoms with Gasteiger partial charge in [0.2, 0.25) is 5.91 Å². The van der Waals surface area contributed by atoms with E-state index < -0.39 is 18.0 Å². The molecule has 4 rings (SSSR count). The van der Waals surface area contributed by atoms with Crippen molar-refractivity contribution >= 4 is 45.1 Å². The zero-order valence-corrected chi connectivity index (χ0v) is 18.3. The van der Waals surface area contributed by atoms with E-state index in [1.165, 1.54) is 16.7 Å². The predicted octanol–water partition coefficient (Wildman–Crippen LogP) is -1.18. The molecule has 1 saturated heterocycles. The molecule has 5 nitrogen and oxygen atoms in total. The fourth-order valence-electron chi connectivity index (χ4n) is 3.76. The molecule has 130 valence electrons. The van der Waals surface area contributed by atoms with Crippen LogP contribution in [0.25, 0.3) is 10.1 Å². The number of amides is 1. The van der Waals surface area contributed by atoms with Crippen molar-refractivity contribution in [3.05, 3.63) is 40.9 Å². The Labute approximate surface area is 181 Å². The van der Waals surface area contributed by atoms with Gasteiger partial charge in [-0.2, -0.15) is 0 Å². The van der Waals surface area contributed by atoms with Crippen LogP contribution in [-0.4, -0.2) is 34.0 Å². The molecule has 0 bridgehead atoms. The van der Waals surface area contributed by atoms with E-state index in [9.17, 15) is 19.8 Å². The Morgan fingerprint density at radius 1 is 1.38 bits per heavy atom. The summed E-state index contributed by atoms with van der Waals surface area (Å²) in [5, 5.41) is 22.7. The van der Waals surface area contributed by atoms with Crippen LogP contribution in [0.3, 0.4) is 0 Å². The van der Waals surface area contributed by atoms with Crippen molar-refractivity contribution in [1.29, 1.82) is 0 Å². The van der Waals surface area contributed by atoms with Gasteiger partial charge < -0.3 is 19.9 Å². The second-order valence-corrected chi connectivity index (χ2v) is 8.89. The third-order valence-electron chi connectivity index (χ3n) is 4.92. The minimum absolute atomic E-state index is 0. The van der Waals surface area contributed by atoms with E-state index in [1.54, 1.807) is 18.3 Å². The molecule has 4 unspecified atom stereocenters. The fourth-order valence-corrected chi connectivity index (χ4v) is 6.27. The third kappa shape index (κ3) is 2.95. The van der Waals surface area contributed by atoms with Crippen molar-refractivity contribution in [1.82, 2.24) is 4.90 Å². The SMILES string of the molecule is CC(O)C1C(=O)N2C(C(=O)[O-])=C(Sc3cc4ccccc4s3)C(C)C12.[Na+]. The maximum absolute atomic E-state index is 12.3. The second-order valence-electron chi connectivity index (χ2n) is 6.46. The van der Waals surface area contributed by atoms with Gasteiger partial charge >= 0.3 is 29.6 Å². The second kappa shape index (κ2) is 7.30. The first-order valence-electron chi connectivity index (χ1n) is 8.03. The molecule has 0 radical (unpaired) electrons. The number of hydrogen-bond acceptors (Lipinski definition) is 6. The number of benzene rings is 1. The van der Waals surface area contributed by atoms with Gasteiger partial charge in [0.25, 0.3) is 0 Å².